The van der Waals surface area contributed by atoms with Crippen LogP contribution in [-0.2, 0) is 16.0 Å². The van der Waals surface area contributed by atoms with E-state index in [-0.39, 0.29) is 23.8 Å². The Bertz CT molecular complexity index is 564. The van der Waals surface area contributed by atoms with Crippen LogP contribution >= 0.6 is 0 Å². The number of nitrogens with one attached hydrogen (secondary N) is 2. The van der Waals surface area contributed by atoms with Crippen molar-refractivity contribution in [2.24, 2.45) is 5.92 Å². The molecular formula is C18H25N3O2. The minimum absolute atomic E-state index is 0.0259. The summed E-state index contributed by atoms with van der Waals surface area (Å²) < 4.78 is 0. The van der Waals surface area contributed by atoms with Crippen LogP contribution in [0.3, 0.4) is 0 Å². The van der Waals surface area contributed by atoms with Gasteiger partial charge in [0, 0.05) is 24.7 Å². The fourth-order valence-electron chi connectivity index (χ4n) is 3.33. The summed E-state index contributed by atoms with van der Waals surface area (Å²) in [6.07, 6.45) is 3.23. The van der Waals surface area contributed by atoms with Gasteiger partial charge in [-0.3, -0.25) is 9.59 Å². The molecule has 5 nitrogen and oxygen atoms in total. The van der Waals surface area contributed by atoms with Gasteiger partial charge in [-0.05, 0) is 50.0 Å². The molecule has 2 saturated heterocycles. The Balaban J connectivity index is 1.60. The monoisotopic (exact) mass is 315 g/mol. The van der Waals surface area contributed by atoms with Gasteiger partial charge >= 0.3 is 0 Å². The number of anilines is 1. The Kier molecular flexibility index (Phi) is 4.96. The number of carbonyl (C=O) groups excluding carboxylic acids is 2. The number of aryl methyl sites for hydroxylation is 1. The van der Waals surface area contributed by atoms with Gasteiger partial charge in [0.1, 0.15) is 0 Å². The molecule has 2 aliphatic rings. The summed E-state index contributed by atoms with van der Waals surface area (Å²) in [5.41, 5.74) is 2.14. The third kappa shape index (κ3) is 3.72. The molecule has 1 atom stereocenters. The first-order chi connectivity index (χ1) is 11.2. The van der Waals surface area contributed by atoms with Crippen molar-refractivity contribution in [2.75, 3.05) is 24.5 Å². The average Bonchev–Trinajstić information content (AvgIpc) is 2.98. The van der Waals surface area contributed by atoms with E-state index in [0.717, 1.165) is 38.0 Å². The van der Waals surface area contributed by atoms with E-state index in [1.807, 2.05) is 24.3 Å². The summed E-state index contributed by atoms with van der Waals surface area (Å²) in [7, 11) is 0. The number of carbonyl (C=O) groups is 2. The highest BCUT2D eigenvalue weighted by molar-refractivity contribution is 6.00. The molecule has 2 fully saturated rings. The van der Waals surface area contributed by atoms with Crippen molar-refractivity contribution in [3.63, 3.8) is 0 Å². The standard InChI is InChI=1S/C18H25N3O2/c1-2-13-3-5-16(6-4-13)21-12-14(11-17(21)22)18(23)20-15-7-9-19-10-8-15/h3-6,14-15,19H,2,7-12H2,1H3,(H,20,23)/t14-/m1/s1. The summed E-state index contributed by atoms with van der Waals surface area (Å²) in [6, 6.07) is 8.29. The number of hydrogen-bond acceptors (Lipinski definition) is 3. The Labute approximate surface area is 137 Å². The van der Waals surface area contributed by atoms with Gasteiger partial charge in [0.25, 0.3) is 0 Å². The molecule has 23 heavy (non-hydrogen) atoms. The SMILES string of the molecule is CCc1ccc(N2C[C@H](C(=O)NC3CCNCC3)CC2=O)cc1. The summed E-state index contributed by atoms with van der Waals surface area (Å²) in [4.78, 5) is 26.4. The maximum atomic E-state index is 12.4. The second-order valence-corrected chi connectivity index (χ2v) is 6.46. The van der Waals surface area contributed by atoms with E-state index in [1.165, 1.54) is 5.56 Å². The molecule has 0 spiro atoms. The normalized spacial score (nSPS) is 22.4. The maximum absolute atomic E-state index is 12.4. The van der Waals surface area contributed by atoms with Gasteiger partial charge in [-0.15, -0.1) is 0 Å². The molecule has 2 aliphatic heterocycles. The van der Waals surface area contributed by atoms with Crippen molar-refractivity contribution >= 4 is 17.5 Å². The number of rotatable bonds is 4. The molecule has 1 aromatic rings. The van der Waals surface area contributed by atoms with Crippen LogP contribution in [0, 0.1) is 5.92 Å². The summed E-state index contributed by atoms with van der Waals surface area (Å²) in [6.45, 7) is 4.49. The molecule has 0 aliphatic carbocycles. The van der Waals surface area contributed by atoms with E-state index in [0.29, 0.717) is 13.0 Å². The topological polar surface area (TPSA) is 61.4 Å². The summed E-state index contributed by atoms with van der Waals surface area (Å²) in [5.74, 6) is -0.166. The third-order valence-corrected chi connectivity index (χ3v) is 4.84. The highest BCUT2D eigenvalue weighted by Crippen LogP contribution is 2.26. The van der Waals surface area contributed by atoms with Crippen molar-refractivity contribution in [1.29, 1.82) is 0 Å². The van der Waals surface area contributed by atoms with Crippen molar-refractivity contribution in [1.82, 2.24) is 10.6 Å². The molecule has 3 rings (SSSR count). The quantitative estimate of drug-likeness (QED) is 0.884. The number of hydrogen-bond donors (Lipinski definition) is 2. The van der Waals surface area contributed by atoms with Gasteiger partial charge in [-0.2, -0.15) is 0 Å². The van der Waals surface area contributed by atoms with Crippen molar-refractivity contribution < 1.29 is 9.59 Å². The molecule has 124 valence electrons. The molecule has 2 N–H and O–H groups in total. The lowest BCUT2D eigenvalue weighted by molar-refractivity contribution is -0.127. The van der Waals surface area contributed by atoms with Gasteiger partial charge in [0.15, 0.2) is 0 Å². The molecule has 1 aromatic carbocycles. The predicted octanol–water partition coefficient (Wildman–Crippen LogP) is 1.47. The minimum atomic E-state index is -0.233. The van der Waals surface area contributed by atoms with Crippen LogP contribution in [0.4, 0.5) is 5.69 Å². The summed E-state index contributed by atoms with van der Waals surface area (Å²) >= 11 is 0. The maximum Gasteiger partial charge on any atom is 0.227 e. The zero-order chi connectivity index (χ0) is 16.2. The Morgan fingerprint density at radius 1 is 1.26 bits per heavy atom. The fraction of sp³-hybridized carbons (Fsp3) is 0.556. The van der Waals surface area contributed by atoms with Crippen LogP contribution in [0.5, 0.6) is 0 Å². The second kappa shape index (κ2) is 7.13. The van der Waals surface area contributed by atoms with Crippen molar-refractivity contribution in [3.05, 3.63) is 29.8 Å². The van der Waals surface area contributed by atoms with E-state index in [2.05, 4.69) is 17.6 Å². The number of amides is 2. The van der Waals surface area contributed by atoms with Gasteiger partial charge in [0.05, 0.1) is 5.92 Å². The van der Waals surface area contributed by atoms with E-state index in [9.17, 15) is 9.59 Å². The first-order valence-corrected chi connectivity index (χ1v) is 8.57. The average molecular weight is 315 g/mol. The Morgan fingerprint density at radius 3 is 2.61 bits per heavy atom. The second-order valence-electron chi connectivity index (χ2n) is 6.46. The fourth-order valence-corrected chi connectivity index (χ4v) is 3.33. The lowest BCUT2D eigenvalue weighted by atomic mass is 10.0. The number of piperidine rings is 1. The largest absolute Gasteiger partial charge is 0.353 e. The highest BCUT2D eigenvalue weighted by Gasteiger charge is 2.35. The Hall–Kier alpha value is -1.88. The molecule has 0 radical (unpaired) electrons. The molecule has 0 unspecified atom stereocenters. The van der Waals surface area contributed by atoms with Gasteiger partial charge in [0.2, 0.25) is 11.8 Å². The summed E-state index contributed by atoms with van der Waals surface area (Å²) in [5, 5.41) is 6.40. The van der Waals surface area contributed by atoms with E-state index < -0.39 is 0 Å². The van der Waals surface area contributed by atoms with Crippen molar-refractivity contribution in [2.45, 2.75) is 38.6 Å². The first kappa shape index (κ1) is 16.0. The molecule has 0 aromatic heterocycles. The van der Waals surface area contributed by atoms with E-state index in [4.69, 9.17) is 0 Å². The van der Waals surface area contributed by atoms with Gasteiger partial charge in [-0.25, -0.2) is 0 Å². The van der Waals surface area contributed by atoms with E-state index in [1.54, 1.807) is 4.90 Å². The third-order valence-electron chi connectivity index (χ3n) is 4.84. The molecule has 0 bridgehead atoms. The van der Waals surface area contributed by atoms with Crippen LogP contribution in [0.2, 0.25) is 0 Å². The first-order valence-electron chi connectivity index (χ1n) is 8.57. The van der Waals surface area contributed by atoms with Crippen LogP contribution in [-0.4, -0.2) is 37.5 Å². The molecule has 2 heterocycles. The zero-order valence-electron chi connectivity index (χ0n) is 13.7. The van der Waals surface area contributed by atoms with Crippen molar-refractivity contribution in [3.8, 4) is 0 Å². The van der Waals surface area contributed by atoms with Gasteiger partial charge in [-0.1, -0.05) is 19.1 Å². The van der Waals surface area contributed by atoms with Crippen LogP contribution < -0.4 is 15.5 Å². The highest BCUT2D eigenvalue weighted by atomic mass is 16.2. The molecular weight excluding hydrogens is 290 g/mol. The number of benzene rings is 1. The minimum Gasteiger partial charge on any atom is -0.353 e. The lowest BCUT2D eigenvalue weighted by Crippen LogP contribution is -2.45. The molecule has 2 amide bonds. The van der Waals surface area contributed by atoms with Crippen LogP contribution in [0.15, 0.2) is 24.3 Å². The van der Waals surface area contributed by atoms with Crippen LogP contribution in [0.1, 0.15) is 31.7 Å². The lowest BCUT2D eigenvalue weighted by Gasteiger charge is -2.25. The predicted molar refractivity (Wildman–Crippen MR) is 90.3 cm³/mol. The van der Waals surface area contributed by atoms with Crippen LogP contribution in [0.25, 0.3) is 0 Å². The molecule has 0 saturated carbocycles. The zero-order valence-corrected chi connectivity index (χ0v) is 13.7. The molecule has 5 heteroatoms. The smallest absolute Gasteiger partial charge is 0.227 e. The van der Waals surface area contributed by atoms with Gasteiger partial charge < -0.3 is 15.5 Å². The Morgan fingerprint density at radius 2 is 1.96 bits per heavy atom. The van der Waals surface area contributed by atoms with E-state index >= 15 is 0 Å². The number of nitrogens with zero attached hydrogens (tertiary/aromatic N) is 1.